The van der Waals surface area contributed by atoms with Crippen LogP contribution in [-0.2, 0) is 11.3 Å². The number of carbonyl (C=O) groups excluding carboxylic acids is 2. The number of benzene rings is 2. The third-order valence-corrected chi connectivity index (χ3v) is 3.99. The molecule has 0 heterocycles. The summed E-state index contributed by atoms with van der Waals surface area (Å²) in [6.45, 7) is 2.93. The Morgan fingerprint density at radius 3 is 2.28 bits per heavy atom. The van der Waals surface area contributed by atoms with E-state index >= 15 is 0 Å². The van der Waals surface area contributed by atoms with Crippen LogP contribution in [0.1, 0.15) is 34.5 Å². The van der Waals surface area contributed by atoms with Crippen molar-refractivity contribution in [3.8, 4) is 0 Å². The fraction of sp³-hybridized carbons (Fsp3) is 0.300. The lowest BCUT2D eigenvalue weighted by Crippen LogP contribution is -2.36. The minimum atomic E-state index is -0.103. The summed E-state index contributed by atoms with van der Waals surface area (Å²) in [6, 6.07) is 17.3. The molecule has 132 valence electrons. The number of rotatable bonds is 7. The molecule has 1 atom stereocenters. The molecule has 0 saturated carbocycles. The lowest BCUT2D eigenvalue weighted by Gasteiger charge is -2.19. The molecule has 0 aliphatic rings. The maximum absolute atomic E-state index is 12.2. The molecule has 2 N–H and O–H groups in total. The fourth-order valence-electron chi connectivity index (χ4n) is 2.63. The first-order valence-electron chi connectivity index (χ1n) is 8.33. The van der Waals surface area contributed by atoms with Gasteiger partial charge in [0.25, 0.3) is 5.91 Å². The summed E-state index contributed by atoms with van der Waals surface area (Å²) < 4.78 is 0. The number of carbonyl (C=O) groups is 2. The Balaban J connectivity index is 1.84. The van der Waals surface area contributed by atoms with Gasteiger partial charge in [-0.05, 0) is 37.2 Å². The van der Waals surface area contributed by atoms with E-state index in [2.05, 4.69) is 10.6 Å². The second-order valence-electron chi connectivity index (χ2n) is 6.15. The second kappa shape index (κ2) is 8.99. The Bertz CT molecular complexity index is 699. The van der Waals surface area contributed by atoms with Crippen LogP contribution >= 0.6 is 0 Å². The van der Waals surface area contributed by atoms with E-state index in [0.717, 1.165) is 11.1 Å². The van der Waals surface area contributed by atoms with Gasteiger partial charge >= 0.3 is 0 Å². The van der Waals surface area contributed by atoms with Crippen LogP contribution in [0.5, 0.6) is 0 Å². The van der Waals surface area contributed by atoms with Gasteiger partial charge in [-0.1, -0.05) is 42.5 Å². The van der Waals surface area contributed by atoms with Crippen molar-refractivity contribution in [3.63, 3.8) is 0 Å². The highest BCUT2D eigenvalue weighted by Crippen LogP contribution is 2.11. The molecule has 0 aromatic heterocycles. The first kappa shape index (κ1) is 18.7. The number of nitrogens with one attached hydrogen (secondary N) is 2. The fourth-order valence-corrected chi connectivity index (χ4v) is 2.63. The minimum Gasteiger partial charge on any atom is -0.355 e. The summed E-state index contributed by atoms with van der Waals surface area (Å²) >= 11 is 0. The van der Waals surface area contributed by atoms with Gasteiger partial charge in [0.05, 0.1) is 12.6 Å². The standard InChI is InChI=1S/C20H25N3O2/c1-15(17-7-5-4-6-8-17)22-19(24)14-23(3)13-16-9-11-18(12-10-16)20(25)21-2/h4-12,15H,13-14H2,1-3H3,(H,21,25)(H,22,24)/t15-/m1/s1. The predicted octanol–water partition coefficient (Wildman–Crippen LogP) is 2.36. The molecular weight excluding hydrogens is 314 g/mol. The van der Waals surface area contributed by atoms with E-state index in [4.69, 9.17) is 0 Å². The number of hydrogen-bond acceptors (Lipinski definition) is 3. The number of nitrogens with zero attached hydrogens (tertiary/aromatic N) is 1. The predicted molar refractivity (Wildman–Crippen MR) is 99.2 cm³/mol. The molecule has 0 aliphatic heterocycles. The van der Waals surface area contributed by atoms with Gasteiger partial charge in [-0.2, -0.15) is 0 Å². The molecule has 0 aliphatic carbocycles. The maximum atomic E-state index is 12.2. The average Bonchev–Trinajstić information content (AvgIpc) is 2.62. The van der Waals surface area contributed by atoms with Gasteiger partial charge < -0.3 is 10.6 Å². The summed E-state index contributed by atoms with van der Waals surface area (Å²) in [4.78, 5) is 25.7. The van der Waals surface area contributed by atoms with Crippen molar-refractivity contribution in [1.29, 1.82) is 0 Å². The van der Waals surface area contributed by atoms with Crippen LogP contribution < -0.4 is 10.6 Å². The van der Waals surface area contributed by atoms with Crippen LogP contribution in [0, 0.1) is 0 Å². The molecule has 2 aromatic rings. The monoisotopic (exact) mass is 339 g/mol. The highest BCUT2D eigenvalue weighted by atomic mass is 16.2. The highest BCUT2D eigenvalue weighted by Gasteiger charge is 2.12. The number of hydrogen-bond donors (Lipinski definition) is 2. The Morgan fingerprint density at radius 1 is 1.04 bits per heavy atom. The van der Waals surface area contributed by atoms with Crippen LogP contribution in [0.25, 0.3) is 0 Å². The molecule has 0 unspecified atom stereocenters. The summed E-state index contributed by atoms with van der Waals surface area (Å²) in [5, 5.41) is 5.61. The molecule has 5 heteroatoms. The topological polar surface area (TPSA) is 61.4 Å². The van der Waals surface area contributed by atoms with Gasteiger partial charge in [0.1, 0.15) is 0 Å². The summed E-state index contributed by atoms with van der Waals surface area (Å²) in [5.41, 5.74) is 2.77. The molecule has 0 radical (unpaired) electrons. The Labute approximate surface area is 149 Å². The first-order valence-corrected chi connectivity index (χ1v) is 8.33. The van der Waals surface area contributed by atoms with Gasteiger partial charge in [-0.3, -0.25) is 14.5 Å². The molecule has 2 amide bonds. The average molecular weight is 339 g/mol. The summed E-state index contributed by atoms with van der Waals surface area (Å²) in [6.07, 6.45) is 0. The highest BCUT2D eigenvalue weighted by molar-refractivity contribution is 5.93. The van der Waals surface area contributed by atoms with E-state index in [9.17, 15) is 9.59 Å². The van der Waals surface area contributed by atoms with E-state index in [1.165, 1.54) is 0 Å². The summed E-state index contributed by atoms with van der Waals surface area (Å²) in [7, 11) is 3.51. The molecular formula is C20H25N3O2. The van der Waals surface area contributed by atoms with Crippen LogP contribution in [0.15, 0.2) is 54.6 Å². The minimum absolute atomic E-state index is 0.0131. The van der Waals surface area contributed by atoms with E-state index < -0.39 is 0 Å². The molecule has 0 fully saturated rings. The van der Waals surface area contributed by atoms with Crippen LogP contribution in [0.3, 0.4) is 0 Å². The van der Waals surface area contributed by atoms with Crippen molar-refractivity contribution in [1.82, 2.24) is 15.5 Å². The van der Waals surface area contributed by atoms with Gasteiger partial charge in [0.2, 0.25) is 5.91 Å². The molecule has 0 bridgehead atoms. The van der Waals surface area contributed by atoms with Crippen molar-refractivity contribution < 1.29 is 9.59 Å². The Morgan fingerprint density at radius 2 is 1.68 bits per heavy atom. The van der Waals surface area contributed by atoms with Gasteiger partial charge in [0, 0.05) is 19.2 Å². The van der Waals surface area contributed by atoms with Crippen molar-refractivity contribution >= 4 is 11.8 Å². The Hall–Kier alpha value is -2.66. The Kier molecular flexibility index (Phi) is 6.71. The van der Waals surface area contributed by atoms with Crippen LogP contribution in [-0.4, -0.2) is 37.4 Å². The van der Waals surface area contributed by atoms with E-state index in [1.807, 2.05) is 61.3 Å². The second-order valence-corrected chi connectivity index (χ2v) is 6.15. The smallest absolute Gasteiger partial charge is 0.251 e. The first-order chi connectivity index (χ1) is 12.0. The third-order valence-electron chi connectivity index (χ3n) is 3.99. The lowest BCUT2D eigenvalue weighted by molar-refractivity contribution is -0.122. The van der Waals surface area contributed by atoms with E-state index in [1.54, 1.807) is 19.2 Å². The maximum Gasteiger partial charge on any atom is 0.251 e. The largest absolute Gasteiger partial charge is 0.355 e. The molecule has 2 aromatic carbocycles. The van der Waals surface area contributed by atoms with Crippen molar-refractivity contribution in [3.05, 3.63) is 71.3 Å². The van der Waals surface area contributed by atoms with Crippen molar-refractivity contribution in [2.45, 2.75) is 19.5 Å². The van der Waals surface area contributed by atoms with Crippen LogP contribution in [0.4, 0.5) is 0 Å². The molecule has 2 rings (SSSR count). The quantitative estimate of drug-likeness (QED) is 0.814. The van der Waals surface area contributed by atoms with Gasteiger partial charge in [0.15, 0.2) is 0 Å². The van der Waals surface area contributed by atoms with Gasteiger partial charge in [-0.15, -0.1) is 0 Å². The number of likely N-dealkylation sites (N-methyl/N-ethyl adjacent to an activating group) is 1. The van der Waals surface area contributed by atoms with E-state index in [-0.39, 0.29) is 17.9 Å². The van der Waals surface area contributed by atoms with Crippen molar-refractivity contribution in [2.75, 3.05) is 20.6 Å². The normalized spacial score (nSPS) is 11.8. The zero-order valence-electron chi connectivity index (χ0n) is 15.0. The SMILES string of the molecule is CNC(=O)c1ccc(CN(C)CC(=O)N[C@H](C)c2ccccc2)cc1. The third kappa shape index (κ3) is 5.72. The molecule has 0 spiro atoms. The van der Waals surface area contributed by atoms with Crippen molar-refractivity contribution in [2.24, 2.45) is 0 Å². The molecule has 25 heavy (non-hydrogen) atoms. The van der Waals surface area contributed by atoms with Crippen LogP contribution in [0.2, 0.25) is 0 Å². The van der Waals surface area contributed by atoms with E-state index in [0.29, 0.717) is 18.7 Å². The lowest BCUT2D eigenvalue weighted by atomic mass is 10.1. The zero-order valence-corrected chi connectivity index (χ0v) is 15.0. The molecule has 0 saturated heterocycles. The number of amides is 2. The zero-order chi connectivity index (χ0) is 18.2. The van der Waals surface area contributed by atoms with Gasteiger partial charge in [-0.25, -0.2) is 0 Å². The molecule has 5 nitrogen and oxygen atoms in total. The summed E-state index contributed by atoms with van der Waals surface area (Å²) in [5.74, 6) is -0.116.